The van der Waals surface area contributed by atoms with Crippen LogP contribution in [0.5, 0.6) is 5.88 Å². The molecule has 1 fully saturated rings. The second-order valence-electron chi connectivity index (χ2n) is 5.19. The number of aromatic nitrogens is 1. The lowest BCUT2D eigenvalue weighted by atomic mass is 10.2. The molecule has 3 rings (SSSR count). The monoisotopic (exact) mass is 311 g/mol. The Morgan fingerprint density at radius 2 is 1.96 bits per heavy atom. The van der Waals surface area contributed by atoms with Crippen molar-refractivity contribution in [2.24, 2.45) is 0 Å². The summed E-state index contributed by atoms with van der Waals surface area (Å²) >= 11 is 0. The minimum atomic E-state index is -0.188. The Balaban J connectivity index is 1.72. The molecule has 6 nitrogen and oxygen atoms in total. The molecule has 0 aliphatic carbocycles. The Bertz CT molecular complexity index is 718. The smallest absolute Gasteiger partial charge is 0.254 e. The first kappa shape index (κ1) is 15.0. The van der Waals surface area contributed by atoms with Crippen molar-refractivity contribution < 1.29 is 14.3 Å². The molecule has 0 radical (unpaired) electrons. The molecule has 2 amide bonds. The molecule has 23 heavy (non-hydrogen) atoms. The molecule has 0 spiro atoms. The van der Waals surface area contributed by atoms with Crippen molar-refractivity contribution in [2.75, 3.05) is 31.6 Å². The van der Waals surface area contributed by atoms with E-state index in [-0.39, 0.29) is 18.4 Å². The average Bonchev–Trinajstić information content (AvgIpc) is 2.61. The first-order valence-corrected chi connectivity index (χ1v) is 7.34. The van der Waals surface area contributed by atoms with Crippen molar-refractivity contribution in [3.05, 3.63) is 54.2 Å². The number of hydrogen-bond donors (Lipinski definition) is 0. The maximum atomic E-state index is 12.5. The number of rotatable bonds is 3. The van der Waals surface area contributed by atoms with Crippen molar-refractivity contribution in [3.63, 3.8) is 0 Å². The molecule has 6 heteroatoms. The van der Waals surface area contributed by atoms with Crippen LogP contribution in [0.3, 0.4) is 0 Å². The zero-order valence-corrected chi connectivity index (χ0v) is 12.8. The number of pyridine rings is 1. The number of benzene rings is 1. The minimum Gasteiger partial charge on any atom is -0.481 e. The van der Waals surface area contributed by atoms with Gasteiger partial charge in [0.15, 0.2) is 0 Å². The molecule has 0 atom stereocenters. The Hall–Kier alpha value is -2.89. The van der Waals surface area contributed by atoms with Gasteiger partial charge in [-0.3, -0.25) is 9.59 Å². The topological polar surface area (TPSA) is 62.7 Å². The molecule has 2 heterocycles. The van der Waals surface area contributed by atoms with Crippen molar-refractivity contribution >= 4 is 17.5 Å². The van der Waals surface area contributed by atoms with Crippen molar-refractivity contribution in [1.82, 2.24) is 9.88 Å². The number of anilines is 1. The minimum absolute atomic E-state index is 0.0678. The standard InChI is InChI=1S/C17H17N3O3/c1-23-15-11-13(7-8-18-15)17(22)19-9-10-20(16(21)12-19)14-5-3-2-4-6-14/h2-8,11H,9-10,12H2,1H3. The van der Waals surface area contributed by atoms with Crippen LogP contribution >= 0.6 is 0 Å². The van der Waals surface area contributed by atoms with Crippen LogP contribution in [0, 0.1) is 0 Å². The van der Waals surface area contributed by atoms with Crippen LogP contribution in [0.2, 0.25) is 0 Å². The van der Waals surface area contributed by atoms with Crippen LogP contribution < -0.4 is 9.64 Å². The largest absolute Gasteiger partial charge is 0.481 e. The lowest BCUT2D eigenvalue weighted by molar-refractivity contribution is -0.120. The van der Waals surface area contributed by atoms with Crippen molar-refractivity contribution in [2.45, 2.75) is 0 Å². The number of amides is 2. The van der Waals surface area contributed by atoms with Gasteiger partial charge in [0.25, 0.3) is 5.91 Å². The second kappa shape index (κ2) is 6.48. The predicted octanol–water partition coefficient (Wildman–Crippen LogP) is 1.58. The fraction of sp³-hybridized carbons (Fsp3) is 0.235. The zero-order chi connectivity index (χ0) is 16.2. The summed E-state index contributed by atoms with van der Waals surface area (Å²) in [5.74, 6) is 0.105. The van der Waals surface area contributed by atoms with Gasteiger partial charge in [-0.2, -0.15) is 0 Å². The summed E-state index contributed by atoms with van der Waals surface area (Å²) in [5, 5.41) is 0. The molecular formula is C17H17N3O3. The molecule has 118 valence electrons. The van der Waals surface area contributed by atoms with Crippen LogP contribution in [0.1, 0.15) is 10.4 Å². The summed E-state index contributed by atoms with van der Waals surface area (Å²) in [4.78, 5) is 32.1. The molecule has 0 bridgehead atoms. The zero-order valence-electron chi connectivity index (χ0n) is 12.8. The normalized spacial score (nSPS) is 14.7. The molecular weight excluding hydrogens is 294 g/mol. The first-order valence-electron chi connectivity index (χ1n) is 7.34. The Labute approximate surface area is 134 Å². The molecule has 1 aromatic carbocycles. The Kier molecular flexibility index (Phi) is 4.23. The van der Waals surface area contributed by atoms with Crippen molar-refractivity contribution in [3.8, 4) is 5.88 Å². The number of methoxy groups -OCH3 is 1. The number of ether oxygens (including phenoxy) is 1. The van der Waals surface area contributed by atoms with E-state index >= 15 is 0 Å². The molecule has 1 saturated heterocycles. The third-order valence-corrected chi connectivity index (χ3v) is 3.77. The summed E-state index contributed by atoms with van der Waals surface area (Å²) in [7, 11) is 1.50. The summed E-state index contributed by atoms with van der Waals surface area (Å²) in [6.07, 6.45) is 1.52. The van der Waals surface area contributed by atoms with E-state index in [0.717, 1.165) is 5.69 Å². The maximum absolute atomic E-state index is 12.5. The van der Waals surface area contributed by atoms with E-state index in [4.69, 9.17) is 4.74 Å². The van der Waals surface area contributed by atoms with Gasteiger partial charge in [-0.1, -0.05) is 18.2 Å². The van der Waals surface area contributed by atoms with Gasteiger partial charge in [0.05, 0.1) is 7.11 Å². The molecule has 1 aliphatic rings. The SMILES string of the molecule is COc1cc(C(=O)N2CCN(c3ccccc3)C(=O)C2)ccn1. The summed E-state index contributed by atoms with van der Waals surface area (Å²) in [6.45, 7) is 1.04. The summed E-state index contributed by atoms with van der Waals surface area (Å²) in [5.41, 5.74) is 1.33. The van der Waals surface area contributed by atoms with E-state index < -0.39 is 0 Å². The molecule has 0 unspecified atom stereocenters. The lowest BCUT2D eigenvalue weighted by Crippen LogP contribution is -2.52. The number of nitrogens with zero attached hydrogens (tertiary/aromatic N) is 3. The fourth-order valence-electron chi connectivity index (χ4n) is 2.56. The average molecular weight is 311 g/mol. The second-order valence-corrected chi connectivity index (χ2v) is 5.19. The van der Waals surface area contributed by atoms with Gasteiger partial charge >= 0.3 is 0 Å². The van der Waals surface area contributed by atoms with E-state index in [1.54, 1.807) is 21.9 Å². The van der Waals surface area contributed by atoms with Crippen LogP contribution in [0.4, 0.5) is 5.69 Å². The van der Waals surface area contributed by atoms with E-state index in [9.17, 15) is 9.59 Å². The number of carbonyl (C=O) groups is 2. The number of para-hydroxylation sites is 1. The van der Waals surface area contributed by atoms with Gasteiger partial charge in [0.1, 0.15) is 6.54 Å². The van der Waals surface area contributed by atoms with Crippen LogP contribution in [-0.2, 0) is 4.79 Å². The van der Waals surface area contributed by atoms with E-state index in [1.165, 1.54) is 13.3 Å². The summed E-state index contributed by atoms with van der Waals surface area (Å²) < 4.78 is 5.03. The van der Waals surface area contributed by atoms with Crippen LogP contribution in [0.25, 0.3) is 0 Å². The van der Waals surface area contributed by atoms with E-state index in [0.29, 0.717) is 24.5 Å². The van der Waals surface area contributed by atoms with Gasteiger partial charge < -0.3 is 14.5 Å². The third kappa shape index (κ3) is 3.15. The van der Waals surface area contributed by atoms with E-state index in [2.05, 4.69) is 4.98 Å². The first-order chi connectivity index (χ1) is 11.2. The maximum Gasteiger partial charge on any atom is 0.254 e. The van der Waals surface area contributed by atoms with Crippen molar-refractivity contribution in [1.29, 1.82) is 0 Å². The van der Waals surface area contributed by atoms with Gasteiger partial charge in [-0.15, -0.1) is 0 Å². The molecule has 2 aromatic rings. The fourth-order valence-corrected chi connectivity index (χ4v) is 2.56. The van der Waals surface area contributed by atoms with Gasteiger partial charge in [0, 0.05) is 36.6 Å². The van der Waals surface area contributed by atoms with Gasteiger partial charge in [-0.05, 0) is 18.2 Å². The molecule has 0 N–H and O–H groups in total. The predicted molar refractivity (Wildman–Crippen MR) is 85.5 cm³/mol. The number of carbonyl (C=O) groups excluding carboxylic acids is 2. The highest BCUT2D eigenvalue weighted by atomic mass is 16.5. The Morgan fingerprint density at radius 1 is 1.17 bits per heavy atom. The van der Waals surface area contributed by atoms with Crippen LogP contribution in [-0.4, -0.2) is 48.4 Å². The molecule has 1 aliphatic heterocycles. The Morgan fingerprint density at radius 3 is 2.65 bits per heavy atom. The quantitative estimate of drug-likeness (QED) is 0.863. The molecule has 0 saturated carbocycles. The van der Waals surface area contributed by atoms with E-state index in [1.807, 2.05) is 30.3 Å². The third-order valence-electron chi connectivity index (χ3n) is 3.77. The highest BCUT2D eigenvalue weighted by Gasteiger charge is 2.28. The van der Waals surface area contributed by atoms with Crippen LogP contribution in [0.15, 0.2) is 48.7 Å². The lowest BCUT2D eigenvalue weighted by Gasteiger charge is -2.34. The highest BCUT2D eigenvalue weighted by molar-refractivity contribution is 6.01. The van der Waals surface area contributed by atoms with Gasteiger partial charge in [-0.25, -0.2) is 4.98 Å². The van der Waals surface area contributed by atoms with Gasteiger partial charge in [0.2, 0.25) is 11.8 Å². The number of hydrogen-bond acceptors (Lipinski definition) is 4. The summed E-state index contributed by atoms with van der Waals surface area (Å²) in [6, 6.07) is 12.7. The highest BCUT2D eigenvalue weighted by Crippen LogP contribution is 2.18. The molecule has 1 aromatic heterocycles. The number of piperazine rings is 1.